The Morgan fingerprint density at radius 3 is 2.55 bits per heavy atom. The average Bonchev–Trinajstić information content (AvgIpc) is 2.98. The summed E-state index contributed by atoms with van der Waals surface area (Å²) in [5.74, 6) is 0.278. The first-order valence-corrected chi connectivity index (χ1v) is 8.33. The third kappa shape index (κ3) is 4.24. The van der Waals surface area contributed by atoms with E-state index >= 15 is 0 Å². The van der Waals surface area contributed by atoms with Crippen molar-refractivity contribution in [2.24, 2.45) is 0 Å². The van der Waals surface area contributed by atoms with Gasteiger partial charge in [-0.25, -0.2) is 0 Å². The smallest absolute Gasteiger partial charge is 0.253 e. The van der Waals surface area contributed by atoms with Crippen LogP contribution in [0.25, 0.3) is 6.08 Å². The fourth-order valence-corrected chi connectivity index (χ4v) is 3.15. The summed E-state index contributed by atoms with van der Waals surface area (Å²) in [6.07, 6.45) is 3.93. The Kier molecular flexibility index (Phi) is 5.83. The van der Waals surface area contributed by atoms with Crippen LogP contribution in [0, 0.1) is 0 Å². The summed E-state index contributed by atoms with van der Waals surface area (Å²) in [5, 5.41) is 12.6. The molecule has 1 N–H and O–H groups in total. The Morgan fingerprint density at radius 1 is 1.23 bits per heavy atom. The molecule has 0 saturated heterocycles. The van der Waals surface area contributed by atoms with Crippen LogP contribution in [0.2, 0.25) is 0 Å². The van der Waals surface area contributed by atoms with Crippen LogP contribution in [0.4, 0.5) is 5.13 Å². The van der Waals surface area contributed by atoms with Crippen LogP contribution in [-0.2, 0) is 4.79 Å². The number of carbonyl (C=O) groups is 1. The Balaban J connectivity index is 2.04. The molecule has 1 aromatic carbocycles. The van der Waals surface area contributed by atoms with Crippen LogP contribution in [0.5, 0.6) is 0 Å². The summed E-state index contributed by atoms with van der Waals surface area (Å²) in [6, 6.07) is 9.78. The summed E-state index contributed by atoms with van der Waals surface area (Å²) in [4.78, 5) is 12.2. The van der Waals surface area contributed by atoms with Gasteiger partial charge < -0.3 is 0 Å². The molecule has 2 rings (SSSR count). The first-order valence-electron chi connectivity index (χ1n) is 7.52. The van der Waals surface area contributed by atoms with Crippen molar-refractivity contribution in [2.45, 2.75) is 39.5 Å². The maximum atomic E-state index is 12.2. The third-order valence-corrected chi connectivity index (χ3v) is 4.54. The standard InChI is InChI=1S/C17H21N3OS/c1-4-14(5-2)16-19-20-17(22-16)18-15(21)12(3)11-13-9-7-6-8-10-13/h6-11,14H,4-5H2,1-3H3,(H,18,20,21). The molecule has 0 bridgehead atoms. The quantitative estimate of drug-likeness (QED) is 0.799. The highest BCUT2D eigenvalue weighted by atomic mass is 32.1. The molecule has 0 radical (unpaired) electrons. The average molecular weight is 315 g/mol. The van der Waals surface area contributed by atoms with Gasteiger partial charge in [0.1, 0.15) is 5.01 Å². The second kappa shape index (κ2) is 7.84. The van der Waals surface area contributed by atoms with Gasteiger partial charge >= 0.3 is 0 Å². The Labute approximate surface area is 135 Å². The molecule has 5 heteroatoms. The lowest BCUT2D eigenvalue weighted by Gasteiger charge is -2.05. The highest BCUT2D eigenvalue weighted by Gasteiger charge is 2.15. The zero-order valence-corrected chi connectivity index (χ0v) is 14.0. The normalized spacial score (nSPS) is 11.7. The van der Waals surface area contributed by atoms with Gasteiger partial charge in [-0.1, -0.05) is 55.5 Å². The fourth-order valence-electron chi connectivity index (χ4n) is 2.15. The maximum Gasteiger partial charge on any atom is 0.253 e. The SMILES string of the molecule is CCC(CC)c1nnc(NC(=O)C(C)=Cc2ccccc2)s1. The van der Waals surface area contributed by atoms with Crippen LogP contribution in [0.3, 0.4) is 0 Å². The summed E-state index contributed by atoms with van der Waals surface area (Å²) in [7, 11) is 0. The van der Waals surface area contributed by atoms with E-state index in [1.165, 1.54) is 11.3 Å². The fraction of sp³-hybridized carbons (Fsp3) is 0.353. The molecule has 0 aliphatic carbocycles. The number of amides is 1. The lowest BCUT2D eigenvalue weighted by atomic mass is 10.1. The molecule has 0 spiro atoms. The molecule has 0 aliphatic heterocycles. The zero-order chi connectivity index (χ0) is 15.9. The number of hydrogen-bond donors (Lipinski definition) is 1. The van der Waals surface area contributed by atoms with Gasteiger partial charge in [-0.3, -0.25) is 10.1 Å². The van der Waals surface area contributed by atoms with E-state index in [2.05, 4.69) is 29.4 Å². The number of rotatable bonds is 6. The summed E-state index contributed by atoms with van der Waals surface area (Å²) in [6.45, 7) is 6.08. The molecule has 0 unspecified atom stereocenters. The van der Waals surface area contributed by atoms with Crippen molar-refractivity contribution in [2.75, 3.05) is 5.32 Å². The van der Waals surface area contributed by atoms with Crippen molar-refractivity contribution in [3.8, 4) is 0 Å². The van der Waals surface area contributed by atoms with Gasteiger partial charge in [-0.15, -0.1) is 10.2 Å². The molecule has 2 aromatic rings. The minimum absolute atomic E-state index is 0.143. The Morgan fingerprint density at radius 2 is 1.91 bits per heavy atom. The molecule has 0 fully saturated rings. The molecular formula is C17H21N3OS. The van der Waals surface area contributed by atoms with Gasteiger partial charge in [0.15, 0.2) is 0 Å². The van der Waals surface area contributed by atoms with E-state index in [1.807, 2.05) is 36.4 Å². The highest BCUT2D eigenvalue weighted by Crippen LogP contribution is 2.28. The second-order valence-electron chi connectivity index (χ2n) is 5.15. The molecule has 116 valence electrons. The van der Waals surface area contributed by atoms with E-state index in [1.54, 1.807) is 6.92 Å². The van der Waals surface area contributed by atoms with Gasteiger partial charge in [0.25, 0.3) is 5.91 Å². The van der Waals surface area contributed by atoms with E-state index < -0.39 is 0 Å². The number of benzene rings is 1. The summed E-state index contributed by atoms with van der Waals surface area (Å²) >= 11 is 1.46. The van der Waals surface area contributed by atoms with Crippen molar-refractivity contribution in [1.29, 1.82) is 0 Å². The minimum atomic E-state index is -0.143. The first kappa shape index (κ1) is 16.4. The number of anilines is 1. The summed E-state index contributed by atoms with van der Waals surface area (Å²) in [5.41, 5.74) is 1.65. The van der Waals surface area contributed by atoms with E-state index in [9.17, 15) is 4.79 Å². The number of hydrogen-bond acceptors (Lipinski definition) is 4. The maximum absolute atomic E-state index is 12.2. The highest BCUT2D eigenvalue weighted by molar-refractivity contribution is 7.15. The van der Waals surface area contributed by atoms with Crippen molar-refractivity contribution in [3.63, 3.8) is 0 Å². The van der Waals surface area contributed by atoms with E-state index in [4.69, 9.17) is 0 Å². The van der Waals surface area contributed by atoms with Crippen molar-refractivity contribution < 1.29 is 4.79 Å². The summed E-state index contributed by atoms with van der Waals surface area (Å²) < 4.78 is 0. The van der Waals surface area contributed by atoms with Crippen LogP contribution in [-0.4, -0.2) is 16.1 Å². The lowest BCUT2D eigenvalue weighted by Crippen LogP contribution is -2.12. The Bertz CT molecular complexity index is 645. The van der Waals surface area contributed by atoms with E-state index in [0.29, 0.717) is 16.6 Å². The molecule has 4 nitrogen and oxygen atoms in total. The molecule has 1 heterocycles. The lowest BCUT2D eigenvalue weighted by molar-refractivity contribution is -0.112. The minimum Gasteiger partial charge on any atom is -0.297 e. The molecule has 0 atom stereocenters. The topological polar surface area (TPSA) is 54.9 Å². The van der Waals surface area contributed by atoms with E-state index in [0.717, 1.165) is 23.4 Å². The third-order valence-electron chi connectivity index (χ3n) is 3.54. The van der Waals surface area contributed by atoms with Gasteiger partial charge in [-0.2, -0.15) is 0 Å². The number of carbonyl (C=O) groups excluding carboxylic acids is 1. The van der Waals surface area contributed by atoms with Crippen LogP contribution in [0.1, 0.15) is 50.1 Å². The molecule has 22 heavy (non-hydrogen) atoms. The predicted molar refractivity (Wildman–Crippen MR) is 92.0 cm³/mol. The van der Waals surface area contributed by atoms with Crippen LogP contribution < -0.4 is 5.32 Å². The van der Waals surface area contributed by atoms with E-state index in [-0.39, 0.29) is 5.91 Å². The number of nitrogens with zero attached hydrogens (tertiary/aromatic N) is 2. The van der Waals surface area contributed by atoms with Crippen LogP contribution >= 0.6 is 11.3 Å². The molecule has 0 aliphatic rings. The van der Waals surface area contributed by atoms with Gasteiger partial charge in [0.2, 0.25) is 5.13 Å². The predicted octanol–water partition coefficient (Wildman–Crippen LogP) is 4.48. The molecular weight excluding hydrogens is 294 g/mol. The second-order valence-corrected chi connectivity index (χ2v) is 6.16. The largest absolute Gasteiger partial charge is 0.297 e. The molecule has 0 saturated carbocycles. The van der Waals surface area contributed by atoms with Crippen molar-refractivity contribution in [1.82, 2.24) is 10.2 Å². The Hall–Kier alpha value is -2.01. The monoisotopic (exact) mass is 315 g/mol. The van der Waals surface area contributed by atoms with Crippen molar-refractivity contribution >= 4 is 28.5 Å². The van der Waals surface area contributed by atoms with Gasteiger partial charge in [0, 0.05) is 11.5 Å². The number of nitrogens with one attached hydrogen (secondary N) is 1. The van der Waals surface area contributed by atoms with Crippen LogP contribution in [0.15, 0.2) is 35.9 Å². The molecule has 1 amide bonds. The van der Waals surface area contributed by atoms with Crippen molar-refractivity contribution in [3.05, 3.63) is 46.5 Å². The first-order chi connectivity index (χ1) is 10.6. The van der Waals surface area contributed by atoms with Gasteiger partial charge in [-0.05, 0) is 31.4 Å². The zero-order valence-electron chi connectivity index (χ0n) is 13.2. The van der Waals surface area contributed by atoms with Gasteiger partial charge in [0.05, 0.1) is 0 Å². The number of aromatic nitrogens is 2. The molecule has 1 aromatic heterocycles.